The molecule has 1 amide bonds. The maximum atomic E-state index is 12.3. The first-order valence-electron chi connectivity index (χ1n) is 6.88. The smallest absolute Gasteiger partial charge is 0.239 e. The van der Waals surface area contributed by atoms with Gasteiger partial charge in [-0.05, 0) is 19.4 Å². The zero-order valence-corrected chi connectivity index (χ0v) is 11.0. The van der Waals surface area contributed by atoms with Gasteiger partial charge in [0.25, 0.3) is 0 Å². The monoisotopic (exact) mass is 261 g/mol. The molecule has 0 radical (unpaired) electrons. The van der Waals surface area contributed by atoms with Crippen molar-refractivity contribution in [2.75, 3.05) is 37.6 Å². The first-order valence-corrected chi connectivity index (χ1v) is 6.88. The van der Waals surface area contributed by atoms with Crippen molar-refractivity contribution in [1.29, 1.82) is 0 Å². The average molecular weight is 261 g/mol. The highest BCUT2D eigenvalue weighted by Gasteiger charge is 2.29. The minimum absolute atomic E-state index is 0.0445. The SMILES string of the molecule is O=C([C@H]1CCCN1)N1CCN(c2cnccn2)CC1. The van der Waals surface area contributed by atoms with E-state index >= 15 is 0 Å². The molecule has 2 aliphatic heterocycles. The number of carbonyl (C=O) groups excluding carboxylic acids is 1. The fourth-order valence-electron chi connectivity index (χ4n) is 2.73. The summed E-state index contributed by atoms with van der Waals surface area (Å²) in [5, 5.41) is 3.27. The van der Waals surface area contributed by atoms with Gasteiger partial charge in [-0.1, -0.05) is 0 Å². The van der Waals surface area contributed by atoms with Crippen molar-refractivity contribution in [2.45, 2.75) is 18.9 Å². The Hall–Kier alpha value is -1.69. The molecule has 19 heavy (non-hydrogen) atoms. The Morgan fingerprint density at radius 1 is 1.26 bits per heavy atom. The first kappa shape index (κ1) is 12.3. The predicted molar refractivity (Wildman–Crippen MR) is 71.8 cm³/mol. The summed E-state index contributed by atoms with van der Waals surface area (Å²) < 4.78 is 0. The lowest BCUT2D eigenvalue weighted by Crippen LogP contribution is -2.53. The molecule has 0 aromatic carbocycles. The quantitative estimate of drug-likeness (QED) is 0.804. The highest BCUT2D eigenvalue weighted by molar-refractivity contribution is 5.82. The third kappa shape index (κ3) is 2.68. The maximum absolute atomic E-state index is 12.3. The molecule has 2 saturated heterocycles. The lowest BCUT2D eigenvalue weighted by molar-refractivity contribution is -0.133. The highest BCUT2D eigenvalue weighted by atomic mass is 16.2. The largest absolute Gasteiger partial charge is 0.352 e. The van der Waals surface area contributed by atoms with Crippen LogP contribution in [0, 0.1) is 0 Å². The van der Waals surface area contributed by atoms with Crippen LogP contribution in [-0.2, 0) is 4.79 Å². The molecule has 6 nitrogen and oxygen atoms in total. The highest BCUT2D eigenvalue weighted by Crippen LogP contribution is 2.14. The summed E-state index contributed by atoms with van der Waals surface area (Å²) in [6.45, 7) is 4.17. The summed E-state index contributed by atoms with van der Waals surface area (Å²) in [5.74, 6) is 1.16. The molecule has 1 aromatic rings. The van der Waals surface area contributed by atoms with Gasteiger partial charge in [-0.15, -0.1) is 0 Å². The normalized spacial score (nSPS) is 23.7. The second-order valence-electron chi connectivity index (χ2n) is 5.02. The topological polar surface area (TPSA) is 61.4 Å². The molecule has 1 aromatic heterocycles. The summed E-state index contributed by atoms with van der Waals surface area (Å²) in [6, 6.07) is 0.0445. The number of hydrogen-bond donors (Lipinski definition) is 1. The molecule has 3 heterocycles. The van der Waals surface area contributed by atoms with Crippen molar-refractivity contribution in [3.05, 3.63) is 18.6 Å². The van der Waals surface area contributed by atoms with E-state index in [4.69, 9.17) is 0 Å². The van der Waals surface area contributed by atoms with Gasteiger partial charge in [0.1, 0.15) is 5.82 Å². The zero-order chi connectivity index (χ0) is 13.1. The number of carbonyl (C=O) groups is 1. The number of nitrogens with zero attached hydrogens (tertiary/aromatic N) is 4. The molecule has 2 aliphatic rings. The standard InChI is InChI=1S/C13H19N5O/c19-13(11-2-1-3-15-11)18-8-6-17(7-9-18)12-10-14-4-5-16-12/h4-5,10-11,15H,1-3,6-9H2/t11-/m1/s1. The van der Waals surface area contributed by atoms with Crippen LogP contribution in [0.25, 0.3) is 0 Å². The Bertz CT molecular complexity index is 424. The predicted octanol–water partition coefficient (Wildman–Crippen LogP) is -0.123. The van der Waals surface area contributed by atoms with E-state index < -0.39 is 0 Å². The molecule has 0 saturated carbocycles. The third-order valence-electron chi connectivity index (χ3n) is 3.82. The Labute approximate surface area is 112 Å². The summed E-state index contributed by atoms with van der Waals surface area (Å²) in [4.78, 5) is 24.8. The van der Waals surface area contributed by atoms with E-state index in [9.17, 15) is 4.79 Å². The molecule has 1 atom stereocenters. The van der Waals surface area contributed by atoms with Crippen LogP contribution in [0.3, 0.4) is 0 Å². The number of hydrogen-bond acceptors (Lipinski definition) is 5. The van der Waals surface area contributed by atoms with Crippen molar-refractivity contribution >= 4 is 11.7 Å². The van der Waals surface area contributed by atoms with Crippen molar-refractivity contribution < 1.29 is 4.79 Å². The van der Waals surface area contributed by atoms with Crippen LogP contribution in [0.15, 0.2) is 18.6 Å². The molecule has 0 spiro atoms. The van der Waals surface area contributed by atoms with Crippen LogP contribution in [0.1, 0.15) is 12.8 Å². The van der Waals surface area contributed by atoms with Gasteiger partial charge in [-0.2, -0.15) is 0 Å². The molecule has 3 rings (SSSR count). The van der Waals surface area contributed by atoms with E-state index in [2.05, 4.69) is 20.2 Å². The van der Waals surface area contributed by atoms with E-state index in [0.29, 0.717) is 0 Å². The van der Waals surface area contributed by atoms with Crippen LogP contribution >= 0.6 is 0 Å². The number of amides is 1. The average Bonchev–Trinajstić information content (AvgIpc) is 3.02. The van der Waals surface area contributed by atoms with Gasteiger partial charge in [0.15, 0.2) is 0 Å². The van der Waals surface area contributed by atoms with Crippen molar-refractivity contribution in [2.24, 2.45) is 0 Å². The second kappa shape index (κ2) is 5.52. The minimum Gasteiger partial charge on any atom is -0.352 e. The summed E-state index contributed by atoms with van der Waals surface area (Å²) in [6.07, 6.45) is 7.24. The van der Waals surface area contributed by atoms with Gasteiger partial charge in [0.2, 0.25) is 5.91 Å². The maximum Gasteiger partial charge on any atom is 0.239 e. The summed E-state index contributed by atoms with van der Waals surface area (Å²) in [7, 11) is 0. The van der Waals surface area contributed by atoms with E-state index in [-0.39, 0.29) is 11.9 Å². The fraction of sp³-hybridized carbons (Fsp3) is 0.615. The lowest BCUT2D eigenvalue weighted by Gasteiger charge is -2.36. The van der Waals surface area contributed by atoms with Gasteiger partial charge < -0.3 is 15.1 Å². The Balaban J connectivity index is 1.56. The van der Waals surface area contributed by atoms with Crippen molar-refractivity contribution in [1.82, 2.24) is 20.2 Å². The number of nitrogens with one attached hydrogen (secondary N) is 1. The van der Waals surface area contributed by atoms with Crippen molar-refractivity contribution in [3.63, 3.8) is 0 Å². The van der Waals surface area contributed by atoms with E-state index in [1.54, 1.807) is 18.6 Å². The van der Waals surface area contributed by atoms with Gasteiger partial charge >= 0.3 is 0 Å². The molecular weight excluding hydrogens is 242 g/mol. The second-order valence-corrected chi connectivity index (χ2v) is 5.02. The van der Waals surface area contributed by atoms with Crippen LogP contribution in [0.4, 0.5) is 5.82 Å². The van der Waals surface area contributed by atoms with Gasteiger partial charge in [0, 0.05) is 38.6 Å². The first-order chi connectivity index (χ1) is 9.34. The van der Waals surface area contributed by atoms with Crippen molar-refractivity contribution in [3.8, 4) is 0 Å². The molecule has 102 valence electrons. The fourth-order valence-corrected chi connectivity index (χ4v) is 2.73. The van der Waals surface area contributed by atoms with Gasteiger partial charge in [-0.25, -0.2) is 4.98 Å². The number of piperazine rings is 1. The molecule has 0 unspecified atom stereocenters. The summed E-state index contributed by atoms with van der Waals surface area (Å²) in [5.41, 5.74) is 0. The van der Waals surface area contributed by atoms with Gasteiger partial charge in [-0.3, -0.25) is 9.78 Å². The lowest BCUT2D eigenvalue weighted by atomic mass is 10.2. The zero-order valence-electron chi connectivity index (χ0n) is 11.0. The molecule has 6 heteroatoms. The third-order valence-corrected chi connectivity index (χ3v) is 3.82. The molecule has 0 aliphatic carbocycles. The van der Waals surface area contributed by atoms with Crippen LogP contribution in [-0.4, -0.2) is 59.5 Å². The van der Waals surface area contributed by atoms with E-state index in [0.717, 1.165) is 51.4 Å². The molecular formula is C13H19N5O. The van der Waals surface area contributed by atoms with Crippen LogP contribution in [0.2, 0.25) is 0 Å². The Morgan fingerprint density at radius 2 is 2.11 bits per heavy atom. The number of anilines is 1. The number of aromatic nitrogens is 2. The van der Waals surface area contributed by atoms with Crippen LogP contribution < -0.4 is 10.2 Å². The minimum atomic E-state index is 0.0445. The number of rotatable bonds is 2. The molecule has 2 fully saturated rings. The van der Waals surface area contributed by atoms with Crippen LogP contribution in [0.5, 0.6) is 0 Å². The molecule has 1 N–H and O–H groups in total. The Morgan fingerprint density at radius 3 is 2.74 bits per heavy atom. The van der Waals surface area contributed by atoms with E-state index in [1.165, 1.54) is 0 Å². The molecule has 0 bridgehead atoms. The Kier molecular flexibility index (Phi) is 3.59. The summed E-state index contributed by atoms with van der Waals surface area (Å²) >= 11 is 0. The van der Waals surface area contributed by atoms with Gasteiger partial charge in [0.05, 0.1) is 12.2 Å². The van der Waals surface area contributed by atoms with E-state index in [1.807, 2.05) is 4.90 Å².